The van der Waals surface area contributed by atoms with E-state index in [1.54, 1.807) is 12.1 Å². The monoisotopic (exact) mass is 373 g/mol. The quantitative estimate of drug-likeness (QED) is 0.622. The molecule has 0 fully saturated rings. The van der Waals surface area contributed by atoms with E-state index in [2.05, 4.69) is 23.3 Å². The first kappa shape index (κ1) is 18.2. The number of carbonyl (C=O) groups is 2. The van der Waals surface area contributed by atoms with E-state index in [0.29, 0.717) is 25.2 Å². The molecule has 1 amide bonds. The van der Waals surface area contributed by atoms with Crippen LogP contribution in [0.4, 0.5) is 0 Å². The van der Waals surface area contributed by atoms with Crippen LogP contribution >= 0.6 is 0 Å². The number of fused-ring (bicyclic) bond motifs is 1. The third kappa shape index (κ3) is 4.19. The molecule has 0 saturated carbocycles. The second-order valence-electron chi connectivity index (χ2n) is 7.12. The Hall–Kier alpha value is -3.21. The molecule has 0 spiro atoms. The van der Waals surface area contributed by atoms with E-state index in [1.807, 2.05) is 46.0 Å². The minimum atomic E-state index is 0.0150. The van der Waals surface area contributed by atoms with E-state index in [0.717, 1.165) is 17.8 Å². The molecule has 142 valence electrons. The van der Waals surface area contributed by atoms with E-state index in [-0.39, 0.29) is 24.5 Å². The van der Waals surface area contributed by atoms with Crippen LogP contribution in [0.25, 0.3) is 0 Å². The zero-order valence-corrected chi connectivity index (χ0v) is 15.8. The highest BCUT2D eigenvalue weighted by atomic mass is 16.2. The van der Waals surface area contributed by atoms with E-state index in [9.17, 15) is 9.59 Å². The molecule has 28 heavy (non-hydrogen) atoms. The molecule has 1 aliphatic rings. The van der Waals surface area contributed by atoms with Crippen molar-refractivity contribution in [2.24, 2.45) is 0 Å². The predicted molar refractivity (Wildman–Crippen MR) is 107 cm³/mol. The average Bonchev–Trinajstić information content (AvgIpc) is 3.14. The summed E-state index contributed by atoms with van der Waals surface area (Å²) in [5.74, 6) is 0.0440. The van der Waals surface area contributed by atoms with Gasteiger partial charge in [0.05, 0.1) is 24.5 Å². The van der Waals surface area contributed by atoms with Crippen molar-refractivity contribution in [3.05, 3.63) is 89.2 Å². The highest BCUT2D eigenvalue weighted by molar-refractivity contribution is 5.97. The van der Waals surface area contributed by atoms with Gasteiger partial charge in [0.15, 0.2) is 5.78 Å². The second-order valence-corrected chi connectivity index (χ2v) is 7.12. The van der Waals surface area contributed by atoms with Crippen molar-refractivity contribution >= 4 is 11.7 Å². The summed E-state index contributed by atoms with van der Waals surface area (Å²) < 4.78 is 2.00. The van der Waals surface area contributed by atoms with E-state index in [1.165, 1.54) is 5.56 Å². The summed E-state index contributed by atoms with van der Waals surface area (Å²) in [7, 11) is 0. The number of nitrogens with zero attached hydrogens (tertiary/aromatic N) is 3. The van der Waals surface area contributed by atoms with E-state index < -0.39 is 0 Å². The first-order valence-electron chi connectivity index (χ1n) is 9.64. The number of Topliss-reactive ketones (excluding diaryl/α,β-unsaturated/α-hetero) is 1. The van der Waals surface area contributed by atoms with Gasteiger partial charge in [-0.25, -0.2) is 0 Å². The van der Waals surface area contributed by atoms with Gasteiger partial charge >= 0.3 is 0 Å². The third-order valence-electron chi connectivity index (χ3n) is 5.09. The largest absolute Gasteiger partial charge is 0.335 e. The Labute approximate surface area is 164 Å². The summed E-state index contributed by atoms with van der Waals surface area (Å²) in [6, 6.07) is 21.5. The Bertz CT molecular complexity index is 964. The zero-order chi connectivity index (χ0) is 19.3. The summed E-state index contributed by atoms with van der Waals surface area (Å²) >= 11 is 0. The van der Waals surface area contributed by atoms with Crippen molar-refractivity contribution in [2.75, 3.05) is 6.54 Å². The van der Waals surface area contributed by atoms with Crippen LogP contribution in [0, 0.1) is 0 Å². The molecule has 4 rings (SSSR count). The number of carbonyl (C=O) groups excluding carboxylic acids is 2. The lowest BCUT2D eigenvalue weighted by molar-refractivity contribution is -0.132. The Morgan fingerprint density at radius 2 is 1.61 bits per heavy atom. The van der Waals surface area contributed by atoms with Crippen molar-refractivity contribution in [1.29, 1.82) is 0 Å². The minimum Gasteiger partial charge on any atom is -0.335 e. The summed E-state index contributed by atoms with van der Waals surface area (Å²) in [5, 5.41) is 4.68. The van der Waals surface area contributed by atoms with Crippen LogP contribution in [0.15, 0.2) is 66.7 Å². The Morgan fingerprint density at radius 3 is 2.36 bits per heavy atom. The molecule has 0 bridgehead atoms. The van der Waals surface area contributed by atoms with Gasteiger partial charge < -0.3 is 4.90 Å². The molecule has 0 atom stereocenters. The van der Waals surface area contributed by atoms with Gasteiger partial charge in [0, 0.05) is 31.4 Å². The molecule has 0 N–H and O–H groups in total. The molecule has 5 nitrogen and oxygen atoms in total. The van der Waals surface area contributed by atoms with Gasteiger partial charge in [0.25, 0.3) is 0 Å². The number of hydrogen-bond acceptors (Lipinski definition) is 3. The molecule has 2 heterocycles. The lowest BCUT2D eigenvalue weighted by Gasteiger charge is -2.27. The molecule has 0 radical (unpaired) electrons. The van der Waals surface area contributed by atoms with Crippen LogP contribution in [-0.2, 0) is 24.3 Å². The lowest BCUT2D eigenvalue weighted by atomic mass is 10.1. The number of aromatic nitrogens is 2. The van der Waals surface area contributed by atoms with Crippen LogP contribution in [0.5, 0.6) is 0 Å². The van der Waals surface area contributed by atoms with Crippen LogP contribution in [0.2, 0.25) is 0 Å². The topological polar surface area (TPSA) is 55.2 Å². The van der Waals surface area contributed by atoms with Gasteiger partial charge in [-0.05, 0) is 11.6 Å². The van der Waals surface area contributed by atoms with Crippen LogP contribution < -0.4 is 0 Å². The predicted octanol–water partition coefficient (Wildman–Crippen LogP) is 3.48. The van der Waals surface area contributed by atoms with Crippen molar-refractivity contribution in [3.8, 4) is 0 Å². The summed E-state index contributed by atoms with van der Waals surface area (Å²) in [6.07, 6.45) is 1.29. The Morgan fingerprint density at radius 1 is 0.893 bits per heavy atom. The van der Waals surface area contributed by atoms with Gasteiger partial charge in [0.1, 0.15) is 0 Å². The highest BCUT2D eigenvalue weighted by Gasteiger charge is 2.22. The molecule has 2 aromatic carbocycles. The van der Waals surface area contributed by atoms with Gasteiger partial charge in [-0.1, -0.05) is 60.7 Å². The van der Waals surface area contributed by atoms with E-state index >= 15 is 0 Å². The van der Waals surface area contributed by atoms with Crippen molar-refractivity contribution < 1.29 is 9.59 Å². The number of benzene rings is 2. The third-order valence-corrected chi connectivity index (χ3v) is 5.09. The summed E-state index contributed by atoms with van der Waals surface area (Å²) in [6.45, 7) is 1.89. The fraction of sp³-hybridized carbons (Fsp3) is 0.261. The van der Waals surface area contributed by atoms with Crippen molar-refractivity contribution in [3.63, 3.8) is 0 Å². The standard InChI is InChI=1S/C23H23N3O2/c27-22(19-9-5-2-6-10-19)11-12-23(28)25-13-14-26-21(17-25)16-20(24-26)15-18-7-3-1-4-8-18/h1-10,16H,11-15,17H2. The average molecular weight is 373 g/mol. The first-order valence-corrected chi connectivity index (χ1v) is 9.64. The van der Waals surface area contributed by atoms with Gasteiger partial charge in [-0.2, -0.15) is 5.10 Å². The number of hydrogen-bond donors (Lipinski definition) is 0. The zero-order valence-electron chi connectivity index (χ0n) is 15.8. The molecule has 1 aliphatic heterocycles. The maximum Gasteiger partial charge on any atom is 0.223 e. The fourth-order valence-corrected chi connectivity index (χ4v) is 3.58. The lowest BCUT2D eigenvalue weighted by Crippen LogP contribution is -2.38. The molecule has 3 aromatic rings. The fourth-order valence-electron chi connectivity index (χ4n) is 3.58. The second kappa shape index (κ2) is 8.21. The molecule has 1 aromatic heterocycles. The minimum absolute atomic E-state index is 0.0150. The Kier molecular flexibility index (Phi) is 5.33. The highest BCUT2D eigenvalue weighted by Crippen LogP contribution is 2.17. The van der Waals surface area contributed by atoms with E-state index in [4.69, 9.17) is 0 Å². The number of amides is 1. The molecule has 0 unspecified atom stereocenters. The van der Waals surface area contributed by atoms with Crippen molar-refractivity contribution in [1.82, 2.24) is 14.7 Å². The van der Waals surface area contributed by atoms with Gasteiger partial charge in [-0.3, -0.25) is 14.3 Å². The van der Waals surface area contributed by atoms with Crippen LogP contribution in [0.1, 0.15) is 40.2 Å². The van der Waals surface area contributed by atoms with Gasteiger partial charge in [-0.15, -0.1) is 0 Å². The molecular weight excluding hydrogens is 350 g/mol. The molecule has 0 saturated heterocycles. The van der Waals surface area contributed by atoms with Crippen LogP contribution in [0.3, 0.4) is 0 Å². The maximum atomic E-state index is 12.6. The summed E-state index contributed by atoms with van der Waals surface area (Å²) in [5.41, 5.74) is 3.97. The smallest absolute Gasteiger partial charge is 0.223 e. The maximum absolute atomic E-state index is 12.6. The van der Waals surface area contributed by atoms with Crippen molar-refractivity contribution in [2.45, 2.75) is 32.4 Å². The molecular formula is C23H23N3O2. The molecule has 5 heteroatoms. The number of rotatable bonds is 6. The van der Waals surface area contributed by atoms with Gasteiger partial charge in [0.2, 0.25) is 5.91 Å². The first-order chi connectivity index (χ1) is 13.7. The molecule has 0 aliphatic carbocycles. The normalized spacial score (nSPS) is 13.2. The Balaban J connectivity index is 1.34. The summed E-state index contributed by atoms with van der Waals surface area (Å²) in [4.78, 5) is 26.6. The number of ketones is 1. The van der Waals surface area contributed by atoms with Crippen LogP contribution in [-0.4, -0.2) is 32.9 Å². The SMILES string of the molecule is O=C(CCC(=O)N1CCn2nc(Cc3ccccc3)cc2C1)c1ccccc1.